The number of hydrogen-bond donors (Lipinski definition) is 0. The van der Waals surface area contributed by atoms with Crippen LogP contribution in [0.5, 0.6) is 0 Å². The lowest BCUT2D eigenvalue weighted by molar-refractivity contribution is -0.131. The summed E-state index contributed by atoms with van der Waals surface area (Å²) in [5.41, 5.74) is 2.62. The normalized spacial score (nSPS) is 14.5. The van der Waals surface area contributed by atoms with Gasteiger partial charge in [0.15, 0.2) is 0 Å². The zero-order valence-electron chi connectivity index (χ0n) is 20.7. The van der Waals surface area contributed by atoms with Gasteiger partial charge in [0.25, 0.3) is 10.0 Å². The molecule has 0 spiro atoms. The molecule has 0 aliphatic carbocycles. The van der Waals surface area contributed by atoms with E-state index in [-0.39, 0.29) is 28.4 Å². The van der Waals surface area contributed by atoms with Gasteiger partial charge in [0, 0.05) is 26.2 Å². The Hall–Kier alpha value is -3.53. The molecule has 0 bridgehead atoms. The van der Waals surface area contributed by atoms with E-state index < -0.39 is 15.8 Å². The van der Waals surface area contributed by atoms with Crippen LogP contribution >= 0.6 is 11.3 Å². The number of amides is 1. The van der Waals surface area contributed by atoms with Gasteiger partial charge in [-0.1, -0.05) is 66.7 Å². The lowest BCUT2D eigenvalue weighted by Gasteiger charge is -2.40. The Labute approximate surface area is 226 Å². The average molecular weight is 550 g/mol. The molecule has 0 N–H and O–H groups in total. The number of nitrogens with zero attached hydrogens (tertiary/aromatic N) is 3. The Morgan fingerprint density at radius 1 is 0.816 bits per heavy atom. The molecule has 1 amide bonds. The summed E-state index contributed by atoms with van der Waals surface area (Å²) in [7, 11) is -3.98. The summed E-state index contributed by atoms with van der Waals surface area (Å²) in [6.45, 7) is 1.89. The standard InChI is InChI=1S/C29H28FN3O3S2/c30-25-13-15-26(16-14-25)33(38(35,36)28-12-7-21-37-28)22-27(34)31-17-19-32(20-18-31)29(23-8-3-1-4-9-23)24-10-5-2-6-11-24/h1-16,21,29H,17-20,22H2. The number of rotatable bonds is 8. The Morgan fingerprint density at radius 3 is 1.92 bits per heavy atom. The fraction of sp³-hybridized carbons (Fsp3) is 0.207. The number of halogens is 1. The summed E-state index contributed by atoms with van der Waals surface area (Å²) in [6.07, 6.45) is 0. The van der Waals surface area contributed by atoms with Gasteiger partial charge in [-0.25, -0.2) is 12.8 Å². The van der Waals surface area contributed by atoms with Gasteiger partial charge >= 0.3 is 0 Å². The van der Waals surface area contributed by atoms with Crippen molar-refractivity contribution in [1.29, 1.82) is 0 Å². The van der Waals surface area contributed by atoms with Crippen molar-refractivity contribution >= 4 is 33.0 Å². The summed E-state index contributed by atoms with van der Waals surface area (Å²) in [4.78, 5) is 17.5. The Balaban J connectivity index is 1.33. The van der Waals surface area contributed by atoms with E-state index in [4.69, 9.17) is 0 Å². The molecule has 9 heteroatoms. The molecule has 38 heavy (non-hydrogen) atoms. The zero-order valence-corrected chi connectivity index (χ0v) is 22.3. The lowest BCUT2D eigenvalue weighted by Crippen LogP contribution is -2.52. The predicted molar refractivity (Wildman–Crippen MR) is 148 cm³/mol. The van der Waals surface area contributed by atoms with Crippen molar-refractivity contribution in [2.24, 2.45) is 0 Å². The second-order valence-corrected chi connectivity index (χ2v) is 12.1. The van der Waals surface area contributed by atoms with E-state index in [9.17, 15) is 17.6 Å². The third kappa shape index (κ3) is 5.65. The van der Waals surface area contributed by atoms with Crippen LogP contribution in [0.3, 0.4) is 0 Å². The van der Waals surface area contributed by atoms with Gasteiger partial charge in [-0.3, -0.25) is 14.0 Å². The number of anilines is 1. The highest BCUT2D eigenvalue weighted by atomic mass is 32.2. The fourth-order valence-electron chi connectivity index (χ4n) is 4.78. The van der Waals surface area contributed by atoms with Crippen molar-refractivity contribution < 1.29 is 17.6 Å². The van der Waals surface area contributed by atoms with Crippen LogP contribution in [0.1, 0.15) is 17.2 Å². The van der Waals surface area contributed by atoms with Gasteiger partial charge in [-0.2, -0.15) is 0 Å². The molecule has 3 aromatic carbocycles. The van der Waals surface area contributed by atoms with Crippen LogP contribution < -0.4 is 4.31 Å². The number of carbonyl (C=O) groups is 1. The highest BCUT2D eigenvalue weighted by Crippen LogP contribution is 2.30. The highest BCUT2D eigenvalue weighted by molar-refractivity contribution is 7.94. The quantitative estimate of drug-likeness (QED) is 0.310. The molecule has 0 atom stereocenters. The highest BCUT2D eigenvalue weighted by Gasteiger charge is 2.32. The van der Waals surface area contributed by atoms with Gasteiger partial charge in [-0.15, -0.1) is 11.3 Å². The maximum Gasteiger partial charge on any atom is 0.274 e. The van der Waals surface area contributed by atoms with Crippen molar-refractivity contribution in [1.82, 2.24) is 9.80 Å². The van der Waals surface area contributed by atoms with E-state index in [2.05, 4.69) is 29.2 Å². The van der Waals surface area contributed by atoms with Crippen LogP contribution in [0.2, 0.25) is 0 Å². The van der Waals surface area contributed by atoms with E-state index in [1.807, 2.05) is 36.4 Å². The summed E-state index contributed by atoms with van der Waals surface area (Å²) >= 11 is 1.08. The van der Waals surface area contributed by atoms with E-state index >= 15 is 0 Å². The molecule has 196 valence electrons. The van der Waals surface area contributed by atoms with Crippen molar-refractivity contribution in [2.75, 3.05) is 37.0 Å². The van der Waals surface area contributed by atoms with Crippen molar-refractivity contribution in [3.8, 4) is 0 Å². The first kappa shape index (κ1) is 26.1. The van der Waals surface area contributed by atoms with Gasteiger partial charge in [0.05, 0.1) is 11.7 Å². The van der Waals surface area contributed by atoms with Gasteiger partial charge in [-0.05, 0) is 46.8 Å². The van der Waals surface area contributed by atoms with Crippen LogP contribution in [0, 0.1) is 5.82 Å². The Morgan fingerprint density at radius 2 is 1.39 bits per heavy atom. The minimum Gasteiger partial charge on any atom is -0.339 e. The summed E-state index contributed by atoms with van der Waals surface area (Å²) in [5, 5.41) is 1.67. The number of piperazine rings is 1. The Kier molecular flexibility index (Phi) is 7.87. The summed E-state index contributed by atoms with van der Waals surface area (Å²) in [5.74, 6) is -0.763. The van der Waals surface area contributed by atoms with Gasteiger partial charge in [0.2, 0.25) is 5.91 Å². The second kappa shape index (κ2) is 11.5. The maximum atomic E-state index is 13.6. The smallest absolute Gasteiger partial charge is 0.274 e. The second-order valence-electron chi connectivity index (χ2n) is 9.06. The van der Waals surface area contributed by atoms with Crippen LogP contribution in [0.25, 0.3) is 0 Å². The molecule has 0 radical (unpaired) electrons. The minimum atomic E-state index is -3.98. The first-order valence-corrected chi connectivity index (χ1v) is 14.7. The molecule has 1 saturated heterocycles. The monoisotopic (exact) mass is 549 g/mol. The molecular weight excluding hydrogens is 521 g/mol. The third-order valence-corrected chi connectivity index (χ3v) is 9.84. The molecule has 1 aliphatic rings. The lowest BCUT2D eigenvalue weighted by atomic mass is 9.96. The number of thiophene rings is 1. The molecular formula is C29H28FN3O3S2. The molecule has 1 fully saturated rings. The van der Waals surface area contributed by atoms with Crippen LogP contribution in [-0.2, 0) is 14.8 Å². The predicted octanol–water partition coefficient (Wildman–Crippen LogP) is 5.02. The van der Waals surface area contributed by atoms with Gasteiger partial charge < -0.3 is 4.90 Å². The fourth-order valence-corrected chi connectivity index (χ4v) is 7.30. The first-order chi connectivity index (χ1) is 18.4. The summed E-state index contributed by atoms with van der Waals surface area (Å²) in [6, 6.07) is 29.0. The van der Waals surface area contributed by atoms with E-state index in [1.54, 1.807) is 16.3 Å². The van der Waals surface area contributed by atoms with Gasteiger partial charge in [0.1, 0.15) is 16.6 Å². The molecule has 1 aliphatic heterocycles. The molecule has 0 saturated carbocycles. The van der Waals surface area contributed by atoms with Crippen LogP contribution in [0.15, 0.2) is 107 Å². The molecule has 2 heterocycles. The third-order valence-electron chi connectivity index (χ3n) is 6.70. The molecule has 6 nitrogen and oxygen atoms in total. The van der Waals surface area contributed by atoms with E-state index in [0.717, 1.165) is 15.6 Å². The van der Waals surface area contributed by atoms with Crippen LogP contribution in [-0.4, -0.2) is 56.8 Å². The number of hydrogen-bond acceptors (Lipinski definition) is 5. The number of benzene rings is 3. The van der Waals surface area contributed by atoms with Crippen molar-refractivity contribution in [3.05, 3.63) is 119 Å². The maximum absolute atomic E-state index is 13.6. The summed E-state index contributed by atoms with van der Waals surface area (Å²) < 4.78 is 41.6. The molecule has 5 rings (SSSR count). The molecule has 4 aromatic rings. The van der Waals surface area contributed by atoms with Crippen molar-refractivity contribution in [3.63, 3.8) is 0 Å². The SMILES string of the molecule is O=C(CN(c1ccc(F)cc1)S(=O)(=O)c1cccs1)N1CCN(C(c2ccccc2)c2ccccc2)CC1. The van der Waals surface area contributed by atoms with Crippen LogP contribution in [0.4, 0.5) is 10.1 Å². The van der Waals surface area contributed by atoms with Crippen molar-refractivity contribution in [2.45, 2.75) is 10.3 Å². The first-order valence-electron chi connectivity index (χ1n) is 12.4. The molecule has 0 unspecified atom stereocenters. The zero-order chi connectivity index (χ0) is 26.5. The number of carbonyl (C=O) groups excluding carboxylic acids is 1. The average Bonchev–Trinajstić information content (AvgIpc) is 3.50. The Bertz CT molecular complexity index is 1400. The van der Waals surface area contributed by atoms with E-state index in [0.29, 0.717) is 26.2 Å². The molecule has 1 aromatic heterocycles. The number of sulfonamides is 1. The minimum absolute atomic E-state index is 0.0598. The van der Waals surface area contributed by atoms with E-state index in [1.165, 1.54) is 41.5 Å². The largest absolute Gasteiger partial charge is 0.339 e. The topological polar surface area (TPSA) is 60.9 Å².